The molecule has 1 amide bonds. The molecular weight excluding hydrogens is 344 g/mol. The molecule has 27 heavy (non-hydrogen) atoms. The number of nitrogens with one attached hydrogen (secondary N) is 1. The van der Waals surface area contributed by atoms with E-state index in [1.54, 1.807) is 31.2 Å². The number of aryl methyl sites for hydroxylation is 1. The first-order valence-electron chi connectivity index (χ1n) is 8.69. The van der Waals surface area contributed by atoms with Crippen molar-refractivity contribution in [3.05, 3.63) is 88.3 Å². The Morgan fingerprint density at radius 2 is 2.00 bits per heavy atom. The Morgan fingerprint density at radius 3 is 2.74 bits per heavy atom. The van der Waals surface area contributed by atoms with Crippen molar-refractivity contribution in [3.8, 4) is 0 Å². The van der Waals surface area contributed by atoms with Gasteiger partial charge in [0.15, 0.2) is 0 Å². The third-order valence-corrected chi connectivity index (χ3v) is 4.52. The molecule has 136 valence electrons. The van der Waals surface area contributed by atoms with Crippen LogP contribution >= 0.6 is 0 Å². The van der Waals surface area contributed by atoms with Crippen molar-refractivity contribution in [1.82, 2.24) is 10.5 Å². The van der Waals surface area contributed by atoms with Gasteiger partial charge < -0.3 is 14.6 Å². The molecule has 4 rings (SSSR count). The first kappa shape index (κ1) is 17.0. The Hall–Kier alpha value is -3.41. The highest BCUT2D eigenvalue weighted by Gasteiger charge is 2.28. The third kappa shape index (κ3) is 3.60. The first-order chi connectivity index (χ1) is 13.1. The zero-order valence-corrected chi connectivity index (χ0v) is 14.8. The Labute approximate surface area is 156 Å². The summed E-state index contributed by atoms with van der Waals surface area (Å²) in [7, 11) is 0. The van der Waals surface area contributed by atoms with E-state index in [0.717, 1.165) is 11.1 Å². The molecular formula is C21H18N2O4. The zero-order valence-electron chi connectivity index (χ0n) is 14.8. The van der Waals surface area contributed by atoms with Gasteiger partial charge in [-0.1, -0.05) is 35.5 Å². The van der Waals surface area contributed by atoms with Crippen LogP contribution in [0.3, 0.4) is 0 Å². The van der Waals surface area contributed by atoms with Crippen molar-refractivity contribution in [2.75, 3.05) is 0 Å². The van der Waals surface area contributed by atoms with E-state index in [1.165, 1.54) is 0 Å². The standard InChI is InChI=1S/C21H18N2O4/c1-13-9-17(23-27-13)12-22-20(24)15-7-8-18-16(10-15)11-19(26-21(18)25)14-5-3-2-4-6-14/h2-10,19H,11-12H2,1H3,(H,22,24)/t19-/m1/s1. The van der Waals surface area contributed by atoms with Gasteiger partial charge >= 0.3 is 5.97 Å². The van der Waals surface area contributed by atoms with Crippen molar-refractivity contribution in [3.63, 3.8) is 0 Å². The first-order valence-corrected chi connectivity index (χ1v) is 8.69. The third-order valence-electron chi connectivity index (χ3n) is 4.52. The molecule has 6 heteroatoms. The second-order valence-electron chi connectivity index (χ2n) is 6.49. The maximum Gasteiger partial charge on any atom is 0.339 e. The van der Waals surface area contributed by atoms with Crippen molar-refractivity contribution >= 4 is 11.9 Å². The Morgan fingerprint density at radius 1 is 1.19 bits per heavy atom. The molecule has 0 saturated heterocycles. The molecule has 0 bridgehead atoms. The van der Waals surface area contributed by atoms with E-state index in [4.69, 9.17) is 9.26 Å². The summed E-state index contributed by atoms with van der Waals surface area (Å²) >= 11 is 0. The van der Waals surface area contributed by atoms with Crippen LogP contribution in [0, 0.1) is 6.92 Å². The fraction of sp³-hybridized carbons (Fsp3) is 0.190. The van der Waals surface area contributed by atoms with Crippen LogP contribution in [-0.4, -0.2) is 17.0 Å². The van der Waals surface area contributed by atoms with Crippen LogP contribution in [0.25, 0.3) is 0 Å². The summed E-state index contributed by atoms with van der Waals surface area (Å²) in [6.45, 7) is 2.08. The Kier molecular flexibility index (Phi) is 4.46. The second-order valence-corrected chi connectivity index (χ2v) is 6.49. The number of carbonyl (C=O) groups is 2. The molecule has 1 aliphatic heterocycles. The van der Waals surface area contributed by atoms with E-state index >= 15 is 0 Å². The average Bonchev–Trinajstić information content (AvgIpc) is 3.11. The van der Waals surface area contributed by atoms with Gasteiger partial charge in [0, 0.05) is 18.1 Å². The second kappa shape index (κ2) is 7.07. The number of ether oxygens (including phenoxy) is 1. The number of cyclic esters (lactones) is 1. The molecule has 3 aromatic rings. The van der Waals surface area contributed by atoms with Gasteiger partial charge in [-0.2, -0.15) is 0 Å². The van der Waals surface area contributed by atoms with Crippen molar-refractivity contribution in [1.29, 1.82) is 0 Å². The fourth-order valence-electron chi connectivity index (χ4n) is 3.16. The maximum atomic E-state index is 12.5. The van der Waals surface area contributed by atoms with Crippen LogP contribution in [0.15, 0.2) is 59.1 Å². The number of amides is 1. The normalized spacial score (nSPS) is 15.7. The van der Waals surface area contributed by atoms with Gasteiger partial charge in [-0.05, 0) is 36.2 Å². The minimum absolute atomic E-state index is 0.228. The number of esters is 1. The molecule has 0 fully saturated rings. The Balaban J connectivity index is 1.52. The zero-order chi connectivity index (χ0) is 18.8. The smallest absolute Gasteiger partial charge is 0.339 e. The predicted molar refractivity (Wildman–Crippen MR) is 97.2 cm³/mol. The molecule has 0 radical (unpaired) electrons. The summed E-state index contributed by atoms with van der Waals surface area (Å²) < 4.78 is 10.5. The molecule has 2 heterocycles. The van der Waals surface area contributed by atoms with E-state index < -0.39 is 0 Å². The number of benzene rings is 2. The summed E-state index contributed by atoms with van der Waals surface area (Å²) in [5, 5.41) is 6.67. The quantitative estimate of drug-likeness (QED) is 0.720. The molecule has 0 saturated carbocycles. The highest BCUT2D eigenvalue weighted by atomic mass is 16.5. The van der Waals surface area contributed by atoms with Crippen LogP contribution in [0.2, 0.25) is 0 Å². The number of hydrogen-bond acceptors (Lipinski definition) is 5. The fourth-order valence-corrected chi connectivity index (χ4v) is 3.16. The summed E-state index contributed by atoms with van der Waals surface area (Å²) in [6, 6.07) is 16.4. The molecule has 6 nitrogen and oxygen atoms in total. The van der Waals surface area contributed by atoms with Gasteiger partial charge in [-0.25, -0.2) is 4.79 Å². The summed E-state index contributed by atoms with van der Waals surface area (Å²) in [5.74, 6) is 0.0993. The number of aromatic nitrogens is 1. The molecule has 2 aromatic carbocycles. The molecule has 0 aliphatic carbocycles. The topological polar surface area (TPSA) is 81.4 Å². The van der Waals surface area contributed by atoms with E-state index in [-0.39, 0.29) is 24.5 Å². The van der Waals surface area contributed by atoms with Gasteiger partial charge in [-0.3, -0.25) is 4.79 Å². The van der Waals surface area contributed by atoms with Crippen LogP contribution < -0.4 is 5.32 Å². The Bertz CT molecular complexity index is 994. The van der Waals surface area contributed by atoms with Gasteiger partial charge in [0.05, 0.1) is 12.1 Å². The number of hydrogen-bond donors (Lipinski definition) is 1. The van der Waals surface area contributed by atoms with E-state index in [0.29, 0.717) is 29.0 Å². The van der Waals surface area contributed by atoms with Crippen LogP contribution in [-0.2, 0) is 17.7 Å². The number of fused-ring (bicyclic) bond motifs is 1. The summed E-state index contributed by atoms with van der Waals surface area (Å²) in [4.78, 5) is 24.8. The molecule has 1 aromatic heterocycles. The van der Waals surface area contributed by atoms with Crippen molar-refractivity contribution in [2.45, 2.75) is 26.0 Å². The highest BCUT2D eigenvalue weighted by molar-refractivity contribution is 5.97. The van der Waals surface area contributed by atoms with Crippen LogP contribution in [0.4, 0.5) is 0 Å². The van der Waals surface area contributed by atoms with Gasteiger partial charge in [-0.15, -0.1) is 0 Å². The average molecular weight is 362 g/mol. The minimum atomic E-state index is -0.366. The van der Waals surface area contributed by atoms with E-state index in [9.17, 15) is 9.59 Å². The molecule has 1 N–H and O–H groups in total. The van der Waals surface area contributed by atoms with Gasteiger partial charge in [0.1, 0.15) is 17.6 Å². The van der Waals surface area contributed by atoms with Gasteiger partial charge in [0.2, 0.25) is 0 Å². The molecule has 0 unspecified atom stereocenters. The highest BCUT2D eigenvalue weighted by Crippen LogP contribution is 2.31. The lowest BCUT2D eigenvalue weighted by molar-refractivity contribution is 0.0252. The lowest BCUT2D eigenvalue weighted by Crippen LogP contribution is -2.25. The van der Waals surface area contributed by atoms with E-state index in [1.807, 2.05) is 30.3 Å². The maximum absolute atomic E-state index is 12.5. The number of rotatable bonds is 4. The van der Waals surface area contributed by atoms with Crippen molar-refractivity contribution < 1.29 is 18.8 Å². The largest absolute Gasteiger partial charge is 0.454 e. The summed E-state index contributed by atoms with van der Waals surface area (Å²) in [6.07, 6.45) is 0.192. The molecule has 0 spiro atoms. The SMILES string of the molecule is Cc1cc(CNC(=O)c2ccc3c(c2)C[C@H](c2ccccc2)OC3=O)no1. The lowest BCUT2D eigenvalue weighted by atomic mass is 9.93. The van der Waals surface area contributed by atoms with Crippen LogP contribution in [0.1, 0.15) is 49.4 Å². The van der Waals surface area contributed by atoms with Gasteiger partial charge in [0.25, 0.3) is 5.91 Å². The molecule has 1 aliphatic rings. The number of nitrogens with zero attached hydrogens (tertiary/aromatic N) is 1. The number of carbonyl (C=O) groups excluding carboxylic acids is 2. The van der Waals surface area contributed by atoms with E-state index in [2.05, 4.69) is 10.5 Å². The van der Waals surface area contributed by atoms with Crippen LogP contribution in [0.5, 0.6) is 0 Å². The predicted octanol–water partition coefficient (Wildman–Crippen LogP) is 3.37. The van der Waals surface area contributed by atoms with Crippen molar-refractivity contribution in [2.24, 2.45) is 0 Å². The summed E-state index contributed by atoms with van der Waals surface area (Å²) in [5.41, 5.74) is 3.41. The monoisotopic (exact) mass is 362 g/mol. The molecule has 1 atom stereocenters. The lowest BCUT2D eigenvalue weighted by Gasteiger charge is -2.25. The minimum Gasteiger partial charge on any atom is -0.454 e.